The zero-order chi connectivity index (χ0) is 15.4. The second-order valence-electron chi connectivity index (χ2n) is 4.73. The molecular weight excluding hydrogens is 340 g/mol. The number of benzene rings is 2. The van der Waals surface area contributed by atoms with Crippen LogP contribution in [0.2, 0.25) is 0 Å². The molecule has 0 atom stereocenters. The van der Waals surface area contributed by atoms with Gasteiger partial charge in [-0.15, -0.1) is 0 Å². The zero-order valence-corrected chi connectivity index (χ0v) is 13.2. The van der Waals surface area contributed by atoms with Gasteiger partial charge in [0, 0.05) is 21.9 Å². The Bertz CT molecular complexity index is 789. The van der Waals surface area contributed by atoms with Gasteiger partial charge in [0.2, 0.25) is 0 Å². The average molecular weight is 353 g/mol. The molecule has 22 heavy (non-hydrogen) atoms. The van der Waals surface area contributed by atoms with Crippen molar-refractivity contribution in [1.29, 1.82) is 0 Å². The van der Waals surface area contributed by atoms with Crippen molar-refractivity contribution < 1.29 is 4.79 Å². The van der Waals surface area contributed by atoms with E-state index in [-0.39, 0.29) is 5.91 Å². The topological polar surface area (TPSA) is 42.0 Å². The highest BCUT2D eigenvalue weighted by molar-refractivity contribution is 9.10. The second kappa shape index (κ2) is 6.54. The molecular formula is C18H13BrN2O. The fourth-order valence-corrected chi connectivity index (χ4v) is 2.53. The van der Waals surface area contributed by atoms with Gasteiger partial charge >= 0.3 is 0 Å². The van der Waals surface area contributed by atoms with Gasteiger partial charge in [0.05, 0.1) is 11.3 Å². The summed E-state index contributed by atoms with van der Waals surface area (Å²) in [6, 6.07) is 20.7. The summed E-state index contributed by atoms with van der Waals surface area (Å²) in [7, 11) is 0. The minimum absolute atomic E-state index is 0.159. The van der Waals surface area contributed by atoms with Crippen molar-refractivity contribution in [3.63, 3.8) is 0 Å². The van der Waals surface area contributed by atoms with E-state index in [0.29, 0.717) is 5.56 Å². The number of para-hydroxylation sites is 1. The van der Waals surface area contributed by atoms with E-state index in [9.17, 15) is 4.79 Å². The van der Waals surface area contributed by atoms with Crippen molar-refractivity contribution >= 4 is 27.5 Å². The van der Waals surface area contributed by atoms with Gasteiger partial charge in [-0.1, -0.05) is 46.3 Å². The molecule has 0 radical (unpaired) electrons. The number of nitrogens with one attached hydrogen (secondary N) is 1. The highest BCUT2D eigenvalue weighted by Crippen LogP contribution is 2.26. The van der Waals surface area contributed by atoms with E-state index in [4.69, 9.17) is 0 Å². The van der Waals surface area contributed by atoms with Crippen molar-refractivity contribution in [3.05, 3.63) is 83.0 Å². The van der Waals surface area contributed by atoms with Gasteiger partial charge in [-0.3, -0.25) is 9.78 Å². The molecule has 3 nitrogen and oxygen atoms in total. The first-order valence-corrected chi connectivity index (χ1v) is 7.61. The normalized spacial score (nSPS) is 10.2. The Morgan fingerprint density at radius 2 is 1.73 bits per heavy atom. The summed E-state index contributed by atoms with van der Waals surface area (Å²) in [4.78, 5) is 16.9. The number of carbonyl (C=O) groups excluding carboxylic acids is 1. The van der Waals surface area contributed by atoms with Crippen LogP contribution in [0.1, 0.15) is 10.4 Å². The number of rotatable bonds is 3. The highest BCUT2D eigenvalue weighted by Gasteiger charge is 2.14. The van der Waals surface area contributed by atoms with Crippen LogP contribution in [0, 0.1) is 0 Å². The van der Waals surface area contributed by atoms with E-state index in [2.05, 4.69) is 26.2 Å². The lowest BCUT2D eigenvalue weighted by atomic mass is 10.0. The third kappa shape index (κ3) is 3.23. The minimum atomic E-state index is -0.159. The molecule has 4 heteroatoms. The Kier molecular flexibility index (Phi) is 4.30. The molecule has 0 fully saturated rings. The van der Waals surface area contributed by atoms with Crippen LogP contribution in [-0.2, 0) is 0 Å². The summed E-state index contributed by atoms with van der Waals surface area (Å²) < 4.78 is 0.852. The van der Waals surface area contributed by atoms with Gasteiger partial charge in [-0.2, -0.15) is 0 Å². The maximum atomic E-state index is 12.6. The third-order valence-corrected chi connectivity index (χ3v) is 3.69. The molecule has 0 bridgehead atoms. The van der Waals surface area contributed by atoms with E-state index < -0.39 is 0 Å². The Labute approximate surface area is 137 Å². The molecule has 1 aromatic heterocycles. The number of anilines is 1. The smallest absolute Gasteiger partial charge is 0.256 e. The molecule has 0 aliphatic heterocycles. The largest absolute Gasteiger partial charge is 0.322 e. The van der Waals surface area contributed by atoms with Crippen LogP contribution >= 0.6 is 15.9 Å². The van der Waals surface area contributed by atoms with Gasteiger partial charge in [-0.05, 0) is 36.4 Å². The van der Waals surface area contributed by atoms with E-state index >= 15 is 0 Å². The van der Waals surface area contributed by atoms with Gasteiger partial charge in [0.15, 0.2) is 0 Å². The van der Waals surface area contributed by atoms with Crippen LogP contribution in [0.4, 0.5) is 5.69 Å². The number of pyridine rings is 1. The summed E-state index contributed by atoms with van der Waals surface area (Å²) >= 11 is 3.42. The quantitative estimate of drug-likeness (QED) is 0.737. The molecule has 0 saturated heterocycles. The zero-order valence-electron chi connectivity index (χ0n) is 11.7. The summed E-state index contributed by atoms with van der Waals surface area (Å²) in [5.74, 6) is -0.159. The van der Waals surface area contributed by atoms with E-state index in [1.165, 1.54) is 0 Å². The predicted molar refractivity (Wildman–Crippen MR) is 91.8 cm³/mol. The van der Waals surface area contributed by atoms with Crippen molar-refractivity contribution in [2.24, 2.45) is 0 Å². The van der Waals surface area contributed by atoms with Crippen LogP contribution in [0.25, 0.3) is 11.3 Å². The number of halogens is 1. The monoisotopic (exact) mass is 352 g/mol. The van der Waals surface area contributed by atoms with Crippen LogP contribution in [-0.4, -0.2) is 10.9 Å². The van der Waals surface area contributed by atoms with Crippen LogP contribution in [0.5, 0.6) is 0 Å². The number of carbonyl (C=O) groups is 1. The lowest BCUT2D eigenvalue weighted by Crippen LogP contribution is -2.13. The van der Waals surface area contributed by atoms with E-state index in [1.807, 2.05) is 66.7 Å². The molecule has 0 unspecified atom stereocenters. The molecule has 0 saturated carbocycles. The van der Waals surface area contributed by atoms with E-state index in [0.717, 1.165) is 21.4 Å². The second-order valence-corrected chi connectivity index (χ2v) is 5.64. The summed E-state index contributed by atoms with van der Waals surface area (Å²) in [5, 5.41) is 2.91. The molecule has 1 amide bonds. The van der Waals surface area contributed by atoms with Crippen LogP contribution in [0.3, 0.4) is 0 Å². The summed E-state index contributed by atoms with van der Waals surface area (Å²) in [5.41, 5.74) is 2.92. The third-order valence-electron chi connectivity index (χ3n) is 3.20. The number of amides is 1. The van der Waals surface area contributed by atoms with E-state index in [1.54, 1.807) is 6.20 Å². The fraction of sp³-hybridized carbons (Fsp3) is 0. The standard InChI is InChI=1S/C18H13BrN2O/c19-13-9-10-15(17-8-4-5-11-20-17)16(12-13)18(22)21-14-6-2-1-3-7-14/h1-12H,(H,21,22). The molecule has 0 spiro atoms. The van der Waals surface area contributed by atoms with Crippen molar-refractivity contribution in [2.75, 3.05) is 5.32 Å². The number of hydrogen-bond acceptors (Lipinski definition) is 2. The highest BCUT2D eigenvalue weighted by atomic mass is 79.9. The number of aromatic nitrogens is 1. The first kappa shape index (κ1) is 14.5. The minimum Gasteiger partial charge on any atom is -0.322 e. The van der Waals surface area contributed by atoms with Crippen LogP contribution in [0.15, 0.2) is 77.4 Å². The Morgan fingerprint density at radius 3 is 2.45 bits per heavy atom. The molecule has 3 aromatic rings. The van der Waals surface area contributed by atoms with Crippen LogP contribution < -0.4 is 5.32 Å². The SMILES string of the molecule is O=C(Nc1ccccc1)c1cc(Br)ccc1-c1ccccn1. The summed E-state index contributed by atoms with van der Waals surface area (Å²) in [6.45, 7) is 0. The van der Waals surface area contributed by atoms with Gasteiger partial charge < -0.3 is 5.32 Å². The maximum Gasteiger partial charge on any atom is 0.256 e. The molecule has 1 N–H and O–H groups in total. The molecule has 0 aliphatic carbocycles. The lowest BCUT2D eigenvalue weighted by molar-refractivity contribution is 0.102. The van der Waals surface area contributed by atoms with Crippen molar-refractivity contribution in [1.82, 2.24) is 4.98 Å². The number of hydrogen-bond donors (Lipinski definition) is 1. The lowest BCUT2D eigenvalue weighted by Gasteiger charge is -2.10. The fourth-order valence-electron chi connectivity index (χ4n) is 2.17. The maximum absolute atomic E-state index is 12.6. The molecule has 1 heterocycles. The summed E-state index contributed by atoms with van der Waals surface area (Å²) in [6.07, 6.45) is 1.72. The Balaban J connectivity index is 1.99. The van der Waals surface area contributed by atoms with Gasteiger partial charge in [-0.25, -0.2) is 0 Å². The van der Waals surface area contributed by atoms with Crippen molar-refractivity contribution in [3.8, 4) is 11.3 Å². The van der Waals surface area contributed by atoms with Gasteiger partial charge in [0.1, 0.15) is 0 Å². The first-order valence-electron chi connectivity index (χ1n) is 6.81. The average Bonchev–Trinajstić information content (AvgIpc) is 2.56. The molecule has 2 aromatic carbocycles. The Morgan fingerprint density at radius 1 is 0.955 bits per heavy atom. The molecule has 0 aliphatic rings. The van der Waals surface area contributed by atoms with Crippen molar-refractivity contribution in [2.45, 2.75) is 0 Å². The predicted octanol–water partition coefficient (Wildman–Crippen LogP) is 4.76. The molecule has 108 valence electrons. The molecule has 3 rings (SSSR count). The van der Waals surface area contributed by atoms with Gasteiger partial charge in [0.25, 0.3) is 5.91 Å². The Hall–Kier alpha value is -2.46. The number of nitrogens with zero attached hydrogens (tertiary/aromatic N) is 1. The first-order chi connectivity index (χ1) is 10.7.